The molecule has 3 amide bonds. The molecule has 9 heteroatoms. The summed E-state index contributed by atoms with van der Waals surface area (Å²) in [5.41, 5.74) is 2.46. The summed E-state index contributed by atoms with van der Waals surface area (Å²) < 4.78 is 33.2. The van der Waals surface area contributed by atoms with E-state index in [0.29, 0.717) is 42.1 Å². The molecular formula is C26H25N3O5S. The number of urea groups is 1. The molecule has 3 aromatic carbocycles. The highest BCUT2D eigenvalue weighted by Gasteiger charge is 2.51. The molecule has 0 saturated carbocycles. The Labute approximate surface area is 203 Å². The molecule has 0 aliphatic carbocycles. The van der Waals surface area contributed by atoms with Gasteiger partial charge in [0.2, 0.25) is 9.84 Å². The van der Waals surface area contributed by atoms with E-state index in [9.17, 15) is 18.0 Å². The second-order valence-corrected chi connectivity index (χ2v) is 10.6. The van der Waals surface area contributed by atoms with E-state index in [1.54, 1.807) is 71.6 Å². The van der Waals surface area contributed by atoms with Gasteiger partial charge in [0.15, 0.2) is 4.87 Å². The Bertz CT molecular complexity index is 1390. The molecule has 0 bridgehead atoms. The summed E-state index contributed by atoms with van der Waals surface area (Å²) >= 11 is 0. The van der Waals surface area contributed by atoms with Gasteiger partial charge in [0.25, 0.3) is 5.91 Å². The first kappa shape index (κ1) is 22.9. The Morgan fingerprint density at radius 1 is 1.06 bits per heavy atom. The number of carbonyl (C=O) groups excluding carboxylic acids is 2. The third-order valence-corrected chi connectivity index (χ3v) is 8.70. The molecule has 1 saturated heterocycles. The Hall–Kier alpha value is -3.85. The number of nitrogens with one attached hydrogen (secondary N) is 2. The topological polar surface area (TPSA) is 105 Å². The molecule has 2 heterocycles. The Morgan fingerprint density at radius 2 is 1.80 bits per heavy atom. The van der Waals surface area contributed by atoms with E-state index >= 15 is 0 Å². The SMILES string of the molecule is CCOc1ccc(C(=O)N2CCc3cc(S(=O)(=O)C4(c5ccccc5)CNC(=O)N4)ccc32)cc1. The number of anilines is 1. The van der Waals surface area contributed by atoms with Crippen molar-refractivity contribution in [2.24, 2.45) is 0 Å². The van der Waals surface area contributed by atoms with Crippen LogP contribution in [-0.4, -0.2) is 40.1 Å². The van der Waals surface area contributed by atoms with E-state index in [-0.39, 0.29) is 17.3 Å². The fourth-order valence-electron chi connectivity index (χ4n) is 4.65. The highest BCUT2D eigenvalue weighted by atomic mass is 32.2. The average molecular weight is 492 g/mol. The van der Waals surface area contributed by atoms with Gasteiger partial charge in [-0.3, -0.25) is 4.79 Å². The zero-order valence-corrected chi connectivity index (χ0v) is 20.0. The molecule has 5 rings (SSSR count). The quantitative estimate of drug-likeness (QED) is 0.551. The standard InChI is InChI=1S/C26H25N3O5S/c1-2-34-21-10-8-18(9-11-21)24(30)29-15-14-19-16-22(12-13-23(19)29)35(32,33)26(17-27-25(31)28-26)20-6-4-3-5-7-20/h3-13,16H,2,14-15,17H2,1H3,(H2,27,28,31). The van der Waals surface area contributed by atoms with Crippen molar-refractivity contribution < 1.29 is 22.7 Å². The molecule has 2 N–H and O–H groups in total. The van der Waals surface area contributed by atoms with Gasteiger partial charge in [-0.15, -0.1) is 0 Å². The second kappa shape index (κ2) is 8.74. The summed E-state index contributed by atoms with van der Waals surface area (Å²) in [5.74, 6) is 0.539. The molecule has 2 aliphatic rings. The number of fused-ring (bicyclic) bond motifs is 1. The first-order chi connectivity index (χ1) is 16.9. The van der Waals surface area contributed by atoms with Crippen LogP contribution in [0.4, 0.5) is 10.5 Å². The van der Waals surface area contributed by atoms with Crippen molar-refractivity contribution >= 4 is 27.5 Å². The van der Waals surface area contributed by atoms with Crippen LogP contribution >= 0.6 is 0 Å². The minimum atomic E-state index is -4.02. The van der Waals surface area contributed by atoms with Crippen molar-refractivity contribution in [1.82, 2.24) is 10.6 Å². The summed E-state index contributed by atoms with van der Waals surface area (Å²) in [7, 11) is -4.02. The lowest BCUT2D eigenvalue weighted by Crippen LogP contribution is -2.47. The summed E-state index contributed by atoms with van der Waals surface area (Å²) in [6, 6.07) is 19.9. The van der Waals surface area contributed by atoms with Gasteiger partial charge in [0, 0.05) is 17.8 Å². The number of carbonyl (C=O) groups is 2. The highest BCUT2D eigenvalue weighted by Crippen LogP contribution is 2.38. The molecule has 0 radical (unpaired) electrons. The lowest BCUT2D eigenvalue weighted by molar-refractivity contribution is 0.0989. The normalized spacial score (nSPS) is 19.1. The monoisotopic (exact) mass is 491 g/mol. The van der Waals surface area contributed by atoms with E-state index in [0.717, 1.165) is 5.56 Å². The maximum Gasteiger partial charge on any atom is 0.316 e. The van der Waals surface area contributed by atoms with Gasteiger partial charge in [-0.25, -0.2) is 13.2 Å². The molecule has 2 aliphatic heterocycles. The molecule has 1 fully saturated rings. The Morgan fingerprint density at radius 3 is 2.46 bits per heavy atom. The van der Waals surface area contributed by atoms with Crippen LogP contribution in [0.3, 0.4) is 0 Å². The predicted octanol–water partition coefficient (Wildman–Crippen LogP) is 3.23. The number of hydrogen-bond acceptors (Lipinski definition) is 5. The van der Waals surface area contributed by atoms with Gasteiger partial charge < -0.3 is 20.3 Å². The van der Waals surface area contributed by atoms with E-state index in [1.807, 2.05) is 6.92 Å². The van der Waals surface area contributed by atoms with Crippen LogP contribution in [0.5, 0.6) is 5.75 Å². The summed E-state index contributed by atoms with van der Waals surface area (Å²) in [5, 5.41) is 5.24. The van der Waals surface area contributed by atoms with Crippen LogP contribution in [-0.2, 0) is 21.1 Å². The molecule has 3 aromatic rings. The zero-order valence-electron chi connectivity index (χ0n) is 19.2. The number of sulfone groups is 1. The van der Waals surface area contributed by atoms with Crippen molar-refractivity contribution in [2.45, 2.75) is 23.1 Å². The van der Waals surface area contributed by atoms with Crippen molar-refractivity contribution in [3.8, 4) is 5.75 Å². The van der Waals surface area contributed by atoms with Crippen LogP contribution in [0.15, 0.2) is 77.7 Å². The van der Waals surface area contributed by atoms with Gasteiger partial charge in [0.05, 0.1) is 18.0 Å². The molecule has 8 nitrogen and oxygen atoms in total. The first-order valence-corrected chi connectivity index (χ1v) is 12.9. The minimum absolute atomic E-state index is 0.0857. The van der Waals surface area contributed by atoms with Gasteiger partial charge >= 0.3 is 6.03 Å². The van der Waals surface area contributed by atoms with Gasteiger partial charge in [-0.05, 0) is 66.9 Å². The number of benzene rings is 3. The smallest absolute Gasteiger partial charge is 0.316 e. The minimum Gasteiger partial charge on any atom is -0.494 e. The molecule has 1 atom stereocenters. The summed E-state index contributed by atoms with van der Waals surface area (Å²) in [4.78, 5) is 25.4. The van der Waals surface area contributed by atoms with Crippen molar-refractivity contribution in [1.29, 1.82) is 0 Å². The molecule has 180 valence electrons. The molecular weight excluding hydrogens is 466 g/mol. The van der Waals surface area contributed by atoms with Crippen LogP contribution in [0, 0.1) is 0 Å². The van der Waals surface area contributed by atoms with E-state index in [4.69, 9.17) is 4.74 Å². The number of rotatable bonds is 6. The molecule has 0 spiro atoms. The van der Waals surface area contributed by atoms with Crippen molar-refractivity contribution in [2.75, 3.05) is 24.6 Å². The van der Waals surface area contributed by atoms with Crippen LogP contribution < -0.4 is 20.3 Å². The van der Waals surface area contributed by atoms with E-state index in [2.05, 4.69) is 10.6 Å². The third kappa shape index (κ3) is 3.81. The van der Waals surface area contributed by atoms with Crippen LogP contribution in [0.2, 0.25) is 0 Å². The second-order valence-electron chi connectivity index (χ2n) is 8.46. The fraction of sp³-hybridized carbons (Fsp3) is 0.231. The Kier molecular flexibility index (Phi) is 5.72. The number of hydrogen-bond donors (Lipinski definition) is 2. The van der Waals surface area contributed by atoms with E-state index in [1.165, 1.54) is 6.07 Å². The highest BCUT2D eigenvalue weighted by molar-refractivity contribution is 7.92. The van der Waals surface area contributed by atoms with Crippen molar-refractivity contribution in [3.05, 3.63) is 89.5 Å². The first-order valence-electron chi connectivity index (χ1n) is 11.4. The lowest BCUT2D eigenvalue weighted by Gasteiger charge is -2.28. The maximum atomic E-state index is 13.9. The molecule has 0 aromatic heterocycles. The van der Waals surface area contributed by atoms with Gasteiger partial charge in [-0.1, -0.05) is 30.3 Å². The largest absolute Gasteiger partial charge is 0.494 e. The van der Waals surface area contributed by atoms with Crippen LogP contribution in [0.1, 0.15) is 28.4 Å². The lowest BCUT2D eigenvalue weighted by atomic mass is 10.1. The predicted molar refractivity (Wildman–Crippen MR) is 131 cm³/mol. The van der Waals surface area contributed by atoms with Crippen molar-refractivity contribution in [3.63, 3.8) is 0 Å². The molecule has 35 heavy (non-hydrogen) atoms. The fourth-order valence-corrected chi connectivity index (χ4v) is 6.53. The summed E-state index contributed by atoms with van der Waals surface area (Å²) in [6.45, 7) is 2.81. The average Bonchev–Trinajstić information content (AvgIpc) is 3.49. The number of ether oxygens (including phenoxy) is 1. The zero-order chi connectivity index (χ0) is 24.6. The van der Waals surface area contributed by atoms with E-state index < -0.39 is 20.7 Å². The number of nitrogens with zero attached hydrogens (tertiary/aromatic N) is 1. The Balaban J connectivity index is 1.47. The number of amides is 3. The van der Waals surface area contributed by atoms with Gasteiger partial charge in [-0.2, -0.15) is 0 Å². The summed E-state index contributed by atoms with van der Waals surface area (Å²) in [6.07, 6.45) is 0.532. The third-order valence-electron chi connectivity index (χ3n) is 6.43. The van der Waals surface area contributed by atoms with Gasteiger partial charge in [0.1, 0.15) is 5.75 Å². The molecule has 1 unspecified atom stereocenters. The maximum absolute atomic E-state index is 13.9. The van der Waals surface area contributed by atoms with Crippen LogP contribution in [0.25, 0.3) is 0 Å².